The van der Waals surface area contributed by atoms with Crippen LogP contribution in [-0.2, 0) is 5.41 Å². The molecule has 1 aromatic heterocycles. The van der Waals surface area contributed by atoms with Crippen molar-refractivity contribution in [2.45, 2.75) is 52.5 Å². The van der Waals surface area contributed by atoms with Gasteiger partial charge in [-0.1, -0.05) is 26.8 Å². The van der Waals surface area contributed by atoms with E-state index >= 15 is 0 Å². The van der Waals surface area contributed by atoms with Gasteiger partial charge >= 0.3 is 0 Å². The summed E-state index contributed by atoms with van der Waals surface area (Å²) < 4.78 is 5.60. The molecule has 0 amide bonds. The van der Waals surface area contributed by atoms with E-state index in [1.54, 1.807) is 6.26 Å². The first-order chi connectivity index (χ1) is 9.17. The van der Waals surface area contributed by atoms with Gasteiger partial charge in [-0.25, -0.2) is 0 Å². The minimum atomic E-state index is 0.0184. The maximum Gasteiger partial charge on any atom is 0.135 e. The standard InChI is InChI=1S/C18H25NO/c1-17(2,3)13-9-10-15(19-18(4,5)6)14(12-13)16-8-7-11-20-16/h7-12,19H,1-6H3. The van der Waals surface area contributed by atoms with Crippen LogP contribution in [0.1, 0.15) is 47.1 Å². The number of anilines is 1. The lowest BCUT2D eigenvalue weighted by Gasteiger charge is -2.26. The molecular formula is C18H25NO. The summed E-state index contributed by atoms with van der Waals surface area (Å²) in [6.45, 7) is 13.2. The molecule has 0 atom stereocenters. The van der Waals surface area contributed by atoms with Crippen molar-refractivity contribution in [2.75, 3.05) is 5.32 Å². The SMILES string of the molecule is CC(C)(C)Nc1ccc(C(C)(C)C)cc1-c1ccco1. The van der Waals surface area contributed by atoms with Crippen LogP contribution < -0.4 is 5.32 Å². The fraction of sp³-hybridized carbons (Fsp3) is 0.444. The summed E-state index contributed by atoms with van der Waals surface area (Å²) in [7, 11) is 0. The zero-order valence-electron chi connectivity index (χ0n) is 13.4. The Morgan fingerprint density at radius 3 is 2.15 bits per heavy atom. The Hall–Kier alpha value is -1.70. The van der Waals surface area contributed by atoms with E-state index in [1.165, 1.54) is 5.56 Å². The second-order valence-corrected chi connectivity index (χ2v) is 7.36. The molecule has 0 aliphatic heterocycles. The summed E-state index contributed by atoms with van der Waals surface area (Å²) in [4.78, 5) is 0. The van der Waals surface area contributed by atoms with E-state index in [9.17, 15) is 0 Å². The fourth-order valence-electron chi connectivity index (χ4n) is 2.16. The van der Waals surface area contributed by atoms with Crippen LogP contribution in [-0.4, -0.2) is 5.54 Å². The zero-order valence-corrected chi connectivity index (χ0v) is 13.4. The van der Waals surface area contributed by atoms with E-state index < -0.39 is 0 Å². The van der Waals surface area contributed by atoms with Crippen molar-refractivity contribution in [1.29, 1.82) is 0 Å². The van der Waals surface area contributed by atoms with Crippen molar-refractivity contribution in [2.24, 2.45) is 0 Å². The summed E-state index contributed by atoms with van der Waals surface area (Å²) in [5.74, 6) is 0.905. The lowest BCUT2D eigenvalue weighted by Crippen LogP contribution is -2.26. The second kappa shape index (κ2) is 5.01. The van der Waals surface area contributed by atoms with Gasteiger partial charge in [0.2, 0.25) is 0 Å². The van der Waals surface area contributed by atoms with Gasteiger partial charge in [0.25, 0.3) is 0 Å². The van der Waals surface area contributed by atoms with Gasteiger partial charge in [0.15, 0.2) is 0 Å². The van der Waals surface area contributed by atoms with E-state index in [0.717, 1.165) is 17.0 Å². The zero-order chi connectivity index (χ0) is 15.0. The minimum Gasteiger partial charge on any atom is -0.464 e. The molecule has 0 bridgehead atoms. The van der Waals surface area contributed by atoms with Gasteiger partial charge in [-0.3, -0.25) is 0 Å². The van der Waals surface area contributed by atoms with Gasteiger partial charge in [-0.15, -0.1) is 0 Å². The van der Waals surface area contributed by atoms with Crippen LogP contribution in [0, 0.1) is 0 Å². The molecule has 0 saturated carbocycles. The van der Waals surface area contributed by atoms with E-state index in [0.29, 0.717) is 0 Å². The molecule has 20 heavy (non-hydrogen) atoms. The van der Waals surface area contributed by atoms with Crippen LogP contribution in [0.3, 0.4) is 0 Å². The summed E-state index contributed by atoms with van der Waals surface area (Å²) in [5.41, 5.74) is 3.69. The van der Waals surface area contributed by atoms with E-state index in [1.807, 2.05) is 12.1 Å². The van der Waals surface area contributed by atoms with E-state index in [2.05, 4.69) is 65.1 Å². The fourth-order valence-corrected chi connectivity index (χ4v) is 2.16. The molecule has 2 rings (SSSR count). The first kappa shape index (κ1) is 14.7. The van der Waals surface area contributed by atoms with Crippen LogP contribution in [0.25, 0.3) is 11.3 Å². The first-order valence-electron chi connectivity index (χ1n) is 7.13. The number of hydrogen-bond donors (Lipinski definition) is 1. The van der Waals surface area contributed by atoms with Gasteiger partial charge in [-0.05, 0) is 56.0 Å². The molecule has 0 aliphatic rings. The Morgan fingerprint density at radius 1 is 0.950 bits per heavy atom. The van der Waals surface area contributed by atoms with Gasteiger partial charge < -0.3 is 9.73 Å². The Labute approximate surface area is 122 Å². The molecule has 2 nitrogen and oxygen atoms in total. The molecule has 0 radical (unpaired) electrons. The number of benzene rings is 1. The monoisotopic (exact) mass is 271 g/mol. The number of rotatable bonds is 2. The van der Waals surface area contributed by atoms with Crippen molar-refractivity contribution in [1.82, 2.24) is 0 Å². The quantitative estimate of drug-likeness (QED) is 0.785. The second-order valence-electron chi connectivity index (χ2n) is 7.36. The Morgan fingerprint density at radius 2 is 1.65 bits per heavy atom. The summed E-state index contributed by atoms with van der Waals surface area (Å²) in [5, 5.41) is 3.56. The topological polar surface area (TPSA) is 25.2 Å². The highest BCUT2D eigenvalue weighted by atomic mass is 16.3. The molecule has 108 valence electrons. The van der Waals surface area contributed by atoms with Gasteiger partial charge in [-0.2, -0.15) is 0 Å². The predicted octanol–water partition coefficient (Wildman–Crippen LogP) is 5.45. The molecule has 2 heteroatoms. The highest BCUT2D eigenvalue weighted by Crippen LogP contribution is 2.34. The van der Waals surface area contributed by atoms with Crippen molar-refractivity contribution in [3.8, 4) is 11.3 Å². The molecule has 1 aromatic carbocycles. The van der Waals surface area contributed by atoms with Crippen LogP contribution in [0.4, 0.5) is 5.69 Å². The number of nitrogens with one attached hydrogen (secondary N) is 1. The molecule has 0 fully saturated rings. The third kappa shape index (κ3) is 3.44. The van der Waals surface area contributed by atoms with Crippen LogP contribution in [0.15, 0.2) is 41.0 Å². The van der Waals surface area contributed by atoms with Gasteiger partial charge in [0.1, 0.15) is 5.76 Å². The van der Waals surface area contributed by atoms with Crippen molar-refractivity contribution in [3.63, 3.8) is 0 Å². The maximum absolute atomic E-state index is 5.60. The van der Waals surface area contributed by atoms with Crippen molar-refractivity contribution < 1.29 is 4.42 Å². The normalized spacial score (nSPS) is 12.5. The largest absolute Gasteiger partial charge is 0.464 e. The highest BCUT2D eigenvalue weighted by Gasteiger charge is 2.19. The molecule has 0 unspecified atom stereocenters. The molecule has 0 aliphatic carbocycles. The molecular weight excluding hydrogens is 246 g/mol. The molecule has 2 aromatic rings. The third-order valence-electron chi connectivity index (χ3n) is 3.18. The van der Waals surface area contributed by atoms with Crippen LogP contribution in [0.2, 0.25) is 0 Å². The van der Waals surface area contributed by atoms with E-state index in [4.69, 9.17) is 4.42 Å². The molecule has 0 saturated heterocycles. The Balaban J connectivity index is 2.53. The van der Waals surface area contributed by atoms with Crippen molar-refractivity contribution >= 4 is 5.69 Å². The average Bonchev–Trinajstić information content (AvgIpc) is 2.79. The molecule has 1 heterocycles. The third-order valence-corrected chi connectivity index (χ3v) is 3.18. The predicted molar refractivity (Wildman–Crippen MR) is 86.2 cm³/mol. The maximum atomic E-state index is 5.60. The Bertz CT molecular complexity index is 568. The van der Waals surface area contributed by atoms with Gasteiger partial charge in [0.05, 0.1) is 6.26 Å². The first-order valence-corrected chi connectivity index (χ1v) is 7.13. The van der Waals surface area contributed by atoms with Crippen molar-refractivity contribution in [3.05, 3.63) is 42.2 Å². The lowest BCUT2D eigenvalue weighted by atomic mass is 9.85. The van der Waals surface area contributed by atoms with E-state index in [-0.39, 0.29) is 11.0 Å². The molecule has 1 N–H and O–H groups in total. The summed E-state index contributed by atoms with van der Waals surface area (Å²) >= 11 is 0. The minimum absolute atomic E-state index is 0.0184. The highest BCUT2D eigenvalue weighted by molar-refractivity contribution is 5.76. The average molecular weight is 271 g/mol. The lowest BCUT2D eigenvalue weighted by molar-refractivity contribution is 0.577. The number of hydrogen-bond acceptors (Lipinski definition) is 2. The Kier molecular flexibility index (Phi) is 3.68. The summed E-state index contributed by atoms with van der Waals surface area (Å²) in [6, 6.07) is 10.5. The van der Waals surface area contributed by atoms with Crippen LogP contribution >= 0.6 is 0 Å². The summed E-state index contributed by atoms with van der Waals surface area (Å²) in [6.07, 6.45) is 1.72. The molecule has 0 spiro atoms. The van der Waals surface area contributed by atoms with Crippen LogP contribution in [0.5, 0.6) is 0 Å². The van der Waals surface area contributed by atoms with Gasteiger partial charge in [0, 0.05) is 16.8 Å². The smallest absolute Gasteiger partial charge is 0.135 e. The number of furan rings is 1.